The van der Waals surface area contributed by atoms with Crippen LogP contribution in [0, 0.1) is 6.92 Å². The van der Waals surface area contributed by atoms with Gasteiger partial charge in [0.2, 0.25) is 5.91 Å². The molecule has 0 aliphatic heterocycles. The predicted molar refractivity (Wildman–Crippen MR) is 110 cm³/mol. The minimum atomic E-state index is -3.53. The highest BCUT2D eigenvalue weighted by Crippen LogP contribution is 2.21. The molecule has 0 saturated heterocycles. The van der Waals surface area contributed by atoms with Gasteiger partial charge >= 0.3 is 0 Å². The molecule has 0 saturated carbocycles. The van der Waals surface area contributed by atoms with Crippen LogP contribution in [0.2, 0.25) is 0 Å². The van der Waals surface area contributed by atoms with Gasteiger partial charge in [0.05, 0.1) is 22.4 Å². The SMILES string of the molecule is CCn1cc([C@@H](C)NC(=O)CCS(=O)(=O)c2ccc3ccccc3c2)c(C)n1. The number of fused-ring (bicyclic) bond motifs is 1. The van der Waals surface area contributed by atoms with Crippen molar-refractivity contribution in [3.8, 4) is 0 Å². The summed E-state index contributed by atoms with van der Waals surface area (Å²) in [6.45, 7) is 6.52. The predicted octanol–water partition coefficient (Wildman–Crippen LogP) is 3.41. The lowest BCUT2D eigenvalue weighted by Gasteiger charge is -2.13. The first-order valence-corrected chi connectivity index (χ1v) is 11.0. The van der Waals surface area contributed by atoms with Gasteiger partial charge in [0, 0.05) is 24.7 Å². The van der Waals surface area contributed by atoms with Crippen LogP contribution in [0.25, 0.3) is 10.8 Å². The molecule has 2 aromatic carbocycles. The molecule has 0 aliphatic carbocycles. The molecule has 0 aliphatic rings. The highest BCUT2D eigenvalue weighted by atomic mass is 32.2. The van der Waals surface area contributed by atoms with Gasteiger partial charge in [-0.15, -0.1) is 0 Å². The summed E-state index contributed by atoms with van der Waals surface area (Å²) in [5.74, 6) is -0.516. The Labute approximate surface area is 165 Å². The number of rotatable bonds is 7. The molecule has 1 atom stereocenters. The van der Waals surface area contributed by atoms with E-state index in [1.165, 1.54) is 0 Å². The lowest BCUT2D eigenvalue weighted by molar-refractivity contribution is -0.121. The zero-order valence-electron chi connectivity index (χ0n) is 16.3. The van der Waals surface area contributed by atoms with Gasteiger partial charge in [0.1, 0.15) is 0 Å². The summed E-state index contributed by atoms with van der Waals surface area (Å²) in [6, 6.07) is 12.4. The second-order valence-electron chi connectivity index (χ2n) is 6.89. The topological polar surface area (TPSA) is 81.1 Å². The van der Waals surface area contributed by atoms with Crippen LogP contribution in [-0.4, -0.2) is 29.9 Å². The first kappa shape index (κ1) is 20.1. The van der Waals surface area contributed by atoms with Gasteiger partial charge < -0.3 is 5.32 Å². The number of carbonyl (C=O) groups is 1. The molecule has 3 aromatic rings. The summed E-state index contributed by atoms with van der Waals surface area (Å²) in [5, 5.41) is 9.10. The number of aryl methyl sites for hydroxylation is 2. The first-order chi connectivity index (χ1) is 13.3. The smallest absolute Gasteiger partial charge is 0.221 e. The van der Waals surface area contributed by atoms with Crippen molar-refractivity contribution in [1.82, 2.24) is 15.1 Å². The van der Waals surface area contributed by atoms with Crippen molar-refractivity contribution in [3.63, 3.8) is 0 Å². The second kappa shape index (κ2) is 8.14. The van der Waals surface area contributed by atoms with E-state index in [9.17, 15) is 13.2 Å². The lowest BCUT2D eigenvalue weighted by Crippen LogP contribution is -2.28. The Morgan fingerprint density at radius 2 is 1.89 bits per heavy atom. The number of sulfone groups is 1. The molecule has 0 spiro atoms. The van der Waals surface area contributed by atoms with Crippen molar-refractivity contribution in [1.29, 1.82) is 0 Å². The molecule has 1 aromatic heterocycles. The Kier molecular flexibility index (Phi) is 5.84. The third-order valence-electron chi connectivity index (χ3n) is 4.83. The molecular weight excluding hydrogens is 374 g/mol. The maximum atomic E-state index is 12.6. The molecular formula is C21H25N3O3S. The number of amides is 1. The molecule has 6 nitrogen and oxygen atoms in total. The van der Waals surface area contributed by atoms with Crippen molar-refractivity contribution in [2.45, 2.75) is 44.7 Å². The van der Waals surface area contributed by atoms with Crippen molar-refractivity contribution in [3.05, 3.63) is 59.9 Å². The van der Waals surface area contributed by atoms with E-state index in [1.54, 1.807) is 18.2 Å². The largest absolute Gasteiger partial charge is 0.349 e. The van der Waals surface area contributed by atoms with Crippen molar-refractivity contribution in [2.24, 2.45) is 0 Å². The fraction of sp³-hybridized carbons (Fsp3) is 0.333. The standard InChI is InChI=1S/C21H25N3O3S/c1-4-24-14-20(16(3)23-24)15(2)22-21(25)11-12-28(26,27)19-10-9-17-7-5-6-8-18(17)13-19/h5-10,13-15H,4,11-12H2,1-3H3,(H,22,25)/t15-/m1/s1. The summed E-state index contributed by atoms with van der Waals surface area (Å²) in [7, 11) is -3.53. The quantitative estimate of drug-likeness (QED) is 0.660. The van der Waals surface area contributed by atoms with E-state index < -0.39 is 9.84 Å². The van der Waals surface area contributed by atoms with Crippen molar-refractivity contribution in [2.75, 3.05) is 5.75 Å². The van der Waals surface area contributed by atoms with Crippen molar-refractivity contribution < 1.29 is 13.2 Å². The Balaban J connectivity index is 1.64. The number of aromatic nitrogens is 2. The second-order valence-corrected chi connectivity index (χ2v) is 9.00. The van der Waals surface area contributed by atoms with Gasteiger partial charge in [-0.25, -0.2) is 8.42 Å². The fourth-order valence-electron chi connectivity index (χ4n) is 3.22. The Morgan fingerprint density at radius 3 is 2.57 bits per heavy atom. The minimum Gasteiger partial charge on any atom is -0.349 e. The van der Waals surface area contributed by atoms with Crippen LogP contribution in [-0.2, 0) is 21.2 Å². The minimum absolute atomic E-state index is 0.0829. The number of carbonyl (C=O) groups excluding carboxylic acids is 1. The Bertz CT molecular complexity index is 1100. The molecule has 0 bridgehead atoms. The summed E-state index contributed by atoms with van der Waals surface area (Å²) < 4.78 is 27.1. The van der Waals surface area contributed by atoms with Gasteiger partial charge in [-0.1, -0.05) is 30.3 Å². The van der Waals surface area contributed by atoms with Gasteiger partial charge in [-0.2, -0.15) is 5.10 Å². The van der Waals surface area contributed by atoms with Gasteiger partial charge in [-0.3, -0.25) is 9.48 Å². The molecule has 1 N–H and O–H groups in total. The molecule has 3 rings (SSSR count). The first-order valence-electron chi connectivity index (χ1n) is 9.35. The van der Waals surface area contributed by atoms with Crippen LogP contribution in [0.4, 0.5) is 0 Å². The van der Waals surface area contributed by atoms with E-state index in [4.69, 9.17) is 0 Å². The number of hydrogen-bond donors (Lipinski definition) is 1. The highest BCUT2D eigenvalue weighted by molar-refractivity contribution is 7.91. The summed E-state index contributed by atoms with van der Waals surface area (Å²) in [4.78, 5) is 12.5. The van der Waals surface area contributed by atoms with Crippen molar-refractivity contribution >= 4 is 26.5 Å². The average Bonchev–Trinajstić information content (AvgIpc) is 3.07. The fourth-order valence-corrected chi connectivity index (χ4v) is 4.49. The lowest BCUT2D eigenvalue weighted by atomic mass is 10.1. The van der Waals surface area contributed by atoms with E-state index in [1.807, 2.05) is 55.9 Å². The third kappa shape index (κ3) is 4.42. The summed E-state index contributed by atoms with van der Waals surface area (Å²) in [5.41, 5.74) is 1.80. The number of benzene rings is 2. The van der Waals surface area contributed by atoms with Gasteiger partial charge in [0.15, 0.2) is 9.84 Å². The van der Waals surface area contributed by atoms with Gasteiger partial charge in [-0.05, 0) is 43.7 Å². The molecule has 0 unspecified atom stereocenters. The molecule has 0 radical (unpaired) electrons. The van der Waals surface area contributed by atoms with Crippen LogP contribution < -0.4 is 5.32 Å². The number of nitrogens with zero attached hydrogens (tertiary/aromatic N) is 2. The van der Waals surface area contributed by atoms with E-state index in [0.29, 0.717) is 0 Å². The summed E-state index contributed by atoms with van der Waals surface area (Å²) >= 11 is 0. The zero-order valence-corrected chi connectivity index (χ0v) is 17.2. The van der Waals surface area contributed by atoms with E-state index in [0.717, 1.165) is 28.6 Å². The molecule has 7 heteroatoms. The molecule has 148 valence electrons. The highest BCUT2D eigenvalue weighted by Gasteiger charge is 2.19. The number of hydrogen-bond acceptors (Lipinski definition) is 4. The average molecular weight is 400 g/mol. The monoisotopic (exact) mass is 399 g/mol. The maximum Gasteiger partial charge on any atom is 0.221 e. The van der Waals surface area contributed by atoms with Gasteiger partial charge in [0.25, 0.3) is 0 Å². The normalized spacial score (nSPS) is 12.8. The Hall–Kier alpha value is -2.67. The van der Waals surface area contributed by atoms with Crippen LogP contribution in [0.3, 0.4) is 0 Å². The van der Waals surface area contributed by atoms with Crippen LogP contribution in [0.1, 0.15) is 37.6 Å². The van der Waals surface area contributed by atoms with E-state index in [-0.39, 0.29) is 29.0 Å². The maximum absolute atomic E-state index is 12.6. The third-order valence-corrected chi connectivity index (χ3v) is 6.54. The van der Waals surface area contributed by atoms with Crippen LogP contribution >= 0.6 is 0 Å². The van der Waals surface area contributed by atoms with E-state index >= 15 is 0 Å². The molecule has 28 heavy (non-hydrogen) atoms. The Morgan fingerprint density at radius 1 is 1.18 bits per heavy atom. The molecule has 0 fully saturated rings. The molecule has 1 amide bonds. The van der Waals surface area contributed by atoms with E-state index in [2.05, 4.69) is 10.4 Å². The summed E-state index contributed by atoms with van der Waals surface area (Å²) in [6.07, 6.45) is 1.83. The molecule has 1 heterocycles. The zero-order chi connectivity index (χ0) is 20.3. The van der Waals surface area contributed by atoms with Crippen LogP contribution in [0.15, 0.2) is 53.6 Å². The van der Waals surface area contributed by atoms with Crippen LogP contribution in [0.5, 0.6) is 0 Å². The number of nitrogens with one attached hydrogen (secondary N) is 1.